The van der Waals surface area contributed by atoms with E-state index in [4.69, 9.17) is 0 Å². The van der Waals surface area contributed by atoms with Crippen LogP contribution in [0, 0.1) is 5.82 Å². The predicted molar refractivity (Wildman–Crippen MR) is 104 cm³/mol. The number of hydrogen-bond donors (Lipinski definition) is 1. The van der Waals surface area contributed by atoms with E-state index in [9.17, 15) is 14.0 Å². The molecule has 4 rings (SSSR count). The first-order chi connectivity index (χ1) is 13.6. The number of H-pyrrole nitrogens is 1. The van der Waals surface area contributed by atoms with Crippen molar-refractivity contribution in [2.45, 2.75) is 25.8 Å². The summed E-state index contributed by atoms with van der Waals surface area (Å²) >= 11 is 0. The van der Waals surface area contributed by atoms with Gasteiger partial charge in [-0.25, -0.2) is 9.37 Å². The Labute approximate surface area is 161 Å². The number of carbonyl (C=O) groups is 1. The smallest absolute Gasteiger partial charge is 0.257 e. The first-order valence-corrected chi connectivity index (χ1v) is 9.40. The molecule has 1 saturated heterocycles. The molecule has 0 saturated carbocycles. The van der Waals surface area contributed by atoms with Crippen molar-refractivity contribution in [3.8, 4) is 22.5 Å². The van der Waals surface area contributed by atoms with Gasteiger partial charge in [-0.15, -0.1) is 0 Å². The highest BCUT2D eigenvalue weighted by atomic mass is 19.1. The van der Waals surface area contributed by atoms with Crippen LogP contribution < -0.4 is 5.56 Å². The van der Waals surface area contributed by atoms with Crippen molar-refractivity contribution in [3.63, 3.8) is 0 Å². The lowest BCUT2D eigenvalue weighted by Gasteiger charge is -2.16. The van der Waals surface area contributed by atoms with Crippen molar-refractivity contribution >= 4 is 5.91 Å². The SMILES string of the molecule is O=C1CCCN1CCCn1cnc(-c2ccc(F)cc2)c1-c1ccc[nH]c1=O. The van der Waals surface area contributed by atoms with Gasteiger partial charge in [0.15, 0.2) is 0 Å². The van der Waals surface area contributed by atoms with Crippen molar-refractivity contribution in [1.82, 2.24) is 19.4 Å². The maximum absolute atomic E-state index is 13.3. The van der Waals surface area contributed by atoms with E-state index in [0.29, 0.717) is 36.5 Å². The predicted octanol–water partition coefficient (Wildman–Crippen LogP) is 3.06. The lowest BCUT2D eigenvalue weighted by Crippen LogP contribution is -2.26. The minimum atomic E-state index is -0.322. The molecule has 144 valence electrons. The van der Waals surface area contributed by atoms with Gasteiger partial charge in [0.25, 0.3) is 5.56 Å². The fourth-order valence-electron chi connectivity index (χ4n) is 3.63. The number of hydrogen-bond acceptors (Lipinski definition) is 3. The molecular formula is C21H21FN4O2. The number of rotatable bonds is 6. The van der Waals surface area contributed by atoms with Gasteiger partial charge in [-0.2, -0.15) is 0 Å². The molecule has 0 aliphatic carbocycles. The monoisotopic (exact) mass is 380 g/mol. The van der Waals surface area contributed by atoms with E-state index in [0.717, 1.165) is 24.9 Å². The molecule has 7 heteroatoms. The second-order valence-corrected chi connectivity index (χ2v) is 6.89. The first-order valence-electron chi connectivity index (χ1n) is 9.40. The lowest BCUT2D eigenvalue weighted by atomic mass is 10.1. The van der Waals surface area contributed by atoms with Gasteiger partial charge in [-0.3, -0.25) is 9.59 Å². The second-order valence-electron chi connectivity index (χ2n) is 6.89. The van der Waals surface area contributed by atoms with Crippen LogP contribution in [0.1, 0.15) is 19.3 Å². The Balaban J connectivity index is 1.66. The topological polar surface area (TPSA) is 71.0 Å². The highest BCUT2D eigenvalue weighted by Gasteiger charge is 2.21. The van der Waals surface area contributed by atoms with Gasteiger partial charge in [0.1, 0.15) is 5.82 Å². The molecule has 6 nitrogen and oxygen atoms in total. The summed E-state index contributed by atoms with van der Waals surface area (Å²) in [7, 11) is 0. The van der Waals surface area contributed by atoms with Crippen LogP contribution in [-0.4, -0.2) is 38.4 Å². The molecule has 0 atom stereocenters. The molecule has 1 N–H and O–H groups in total. The number of likely N-dealkylation sites (tertiary alicyclic amines) is 1. The molecule has 0 spiro atoms. The zero-order valence-electron chi connectivity index (χ0n) is 15.4. The largest absolute Gasteiger partial charge is 0.343 e. The first kappa shape index (κ1) is 18.2. The Morgan fingerprint density at radius 3 is 2.64 bits per heavy atom. The fourth-order valence-corrected chi connectivity index (χ4v) is 3.63. The number of nitrogens with zero attached hydrogens (tertiary/aromatic N) is 3. The third kappa shape index (κ3) is 3.60. The molecule has 3 aromatic rings. The summed E-state index contributed by atoms with van der Waals surface area (Å²) in [5, 5.41) is 0. The third-order valence-electron chi connectivity index (χ3n) is 5.03. The highest BCUT2D eigenvalue weighted by molar-refractivity contribution is 5.78. The molecule has 1 aliphatic heterocycles. The average molecular weight is 380 g/mol. The molecule has 1 aromatic carbocycles. The normalized spacial score (nSPS) is 14.0. The number of aromatic amines is 1. The summed E-state index contributed by atoms with van der Waals surface area (Å²) in [5.74, 6) is -0.116. The quantitative estimate of drug-likeness (QED) is 0.714. The van der Waals surface area contributed by atoms with Gasteiger partial charge in [-0.05, 0) is 49.2 Å². The number of nitrogens with one attached hydrogen (secondary N) is 1. The van der Waals surface area contributed by atoms with Crippen LogP contribution in [-0.2, 0) is 11.3 Å². The Kier molecular flexibility index (Phi) is 5.06. The number of amides is 1. The Morgan fingerprint density at radius 1 is 1.11 bits per heavy atom. The van der Waals surface area contributed by atoms with Crippen LogP contribution in [0.5, 0.6) is 0 Å². The number of pyridine rings is 1. The number of aryl methyl sites for hydroxylation is 1. The van der Waals surface area contributed by atoms with E-state index in [2.05, 4.69) is 9.97 Å². The van der Waals surface area contributed by atoms with Gasteiger partial charge in [0, 0.05) is 37.8 Å². The third-order valence-corrected chi connectivity index (χ3v) is 5.03. The maximum Gasteiger partial charge on any atom is 0.257 e. The Bertz CT molecular complexity index is 1040. The van der Waals surface area contributed by atoms with Crippen LogP contribution in [0.15, 0.2) is 53.7 Å². The van der Waals surface area contributed by atoms with E-state index >= 15 is 0 Å². The van der Waals surface area contributed by atoms with E-state index in [1.165, 1.54) is 12.1 Å². The summed E-state index contributed by atoms with van der Waals surface area (Å²) in [6, 6.07) is 9.60. The molecule has 0 bridgehead atoms. The van der Waals surface area contributed by atoms with Crippen LogP contribution in [0.2, 0.25) is 0 Å². The summed E-state index contributed by atoms with van der Waals surface area (Å²) < 4.78 is 15.3. The molecule has 28 heavy (non-hydrogen) atoms. The number of imidazole rings is 1. The van der Waals surface area contributed by atoms with Crippen LogP contribution >= 0.6 is 0 Å². The van der Waals surface area contributed by atoms with Crippen LogP contribution in [0.4, 0.5) is 4.39 Å². The number of aromatic nitrogens is 3. The highest BCUT2D eigenvalue weighted by Crippen LogP contribution is 2.29. The summed E-state index contributed by atoms with van der Waals surface area (Å²) in [4.78, 5) is 33.3. The standard InChI is InChI=1S/C21H21FN4O2/c22-16-8-6-15(7-9-16)19-20(17-4-1-10-23-21(17)28)26(14-24-19)13-3-12-25-11-2-5-18(25)27/h1,4,6-10,14H,2-3,5,11-13H2,(H,23,28). The summed E-state index contributed by atoms with van der Waals surface area (Å²) in [6.45, 7) is 2.13. The minimum absolute atomic E-state index is 0.206. The van der Waals surface area contributed by atoms with Crippen LogP contribution in [0.25, 0.3) is 22.5 Å². The van der Waals surface area contributed by atoms with E-state index < -0.39 is 0 Å². The molecule has 1 aliphatic rings. The van der Waals surface area contributed by atoms with Gasteiger partial charge < -0.3 is 14.5 Å². The summed E-state index contributed by atoms with van der Waals surface area (Å²) in [5.41, 5.74) is 2.38. The number of carbonyl (C=O) groups excluding carboxylic acids is 1. The van der Waals surface area contributed by atoms with Gasteiger partial charge in [0.05, 0.1) is 23.3 Å². The van der Waals surface area contributed by atoms with Crippen molar-refractivity contribution < 1.29 is 9.18 Å². The zero-order chi connectivity index (χ0) is 19.5. The van der Waals surface area contributed by atoms with Crippen molar-refractivity contribution in [1.29, 1.82) is 0 Å². The molecule has 0 unspecified atom stereocenters. The molecule has 1 amide bonds. The Hall–Kier alpha value is -3.22. The van der Waals surface area contributed by atoms with Crippen molar-refractivity contribution in [3.05, 3.63) is 65.1 Å². The summed E-state index contributed by atoms with van der Waals surface area (Å²) in [6.07, 6.45) is 5.60. The average Bonchev–Trinajstić information content (AvgIpc) is 3.29. The molecular weight excluding hydrogens is 359 g/mol. The van der Waals surface area contributed by atoms with E-state index in [-0.39, 0.29) is 17.3 Å². The molecule has 2 aromatic heterocycles. The minimum Gasteiger partial charge on any atom is -0.343 e. The molecule has 1 fully saturated rings. The zero-order valence-corrected chi connectivity index (χ0v) is 15.4. The fraction of sp³-hybridized carbons (Fsp3) is 0.286. The number of halogens is 1. The molecule has 3 heterocycles. The van der Waals surface area contributed by atoms with Crippen LogP contribution in [0.3, 0.4) is 0 Å². The van der Waals surface area contributed by atoms with Crippen molar-refractivity contribution in [2.24, 2.45) is 0 Å². The molecule has 0 radical (unpaired) electrons. The second kappa shape index (κ2) is 7.80. The lowest BCUT2D eigenvalue weighted by molar-refractivity contribution is -0.127. The Morgan fingerprint density at radius 2 is 1.93 bits per heavy atom. The van der Waals surface area contributed by atoms with E-state index in [1.807, 2.05) is 9.47 Å². The van der Waals surface area contributed by atoms with Gasteiger partial charge in [-0.1, -0.05) is 0 Å². The number of benzene rings is 1. The maximum atomic E-state index is 13.3. The van der Waals surface area contributed by atoms with E-state index in [1.54, 1.807) is 36.8 Å². The van der Waals surface area contributed by atoms with Gasteiger partial charge in [0.2, 0.25) is 5.91 Å². The van der Waals surface area contributed by atoms with Crippen molar-refractivity contribution in [2.75, 3.05) is 13.1 Å². The van der Waals surface area contributed by atoms with Gasteiger partial charge >= 0.3 is 0 Å².